The lowest BCUT2D eigenvalue weighted by Crippen LogP contribution is -2.30. The Hall–Kier alpha value is -1.90. The van der Waals surface area contributed by atoms with Crippen LogP contribution in [0.5, 0.6) is 0 Å². The lowest BCUT2D eigenvalue weighted by molar-refractivity contribution is -0.122. The number of ether oxygens (including phenoxy) is 1. The van der Waals surface area contributed by atoms with Crippen molar-refractivity contribution in [2.24, 2.45) is 5.73 Å². The molecule has 0 spiro atoms. The molecule has 5 heteroatoms. The number of amides is 1. The fourth-order valence-electron chi connectivity index (χ4n) is 1.27. The Balaban J connectivity index is 2.65. The van der Waals surface area contributed by atoms with Crippen molar-refractivity contribution in [3.8, 4) is 6.07 Å². The number of anilines is 1. The van der Waals surface area contributed by atoms with Crippen molar-refractivity contribution in [2.45, 2.75) is 0 Å². The Kier molecular flexibility index (Phi) is 5.14. The molecule has 0 heterocycles. The largest absolute Gasteiger partial charge is 0.370 e. The maximum absolute atomic E-state index is 11.7. The normalized spacial score (nSPS) is 9.71. The minimum absolute atomic E-state index is 0.00944. The van der Waals surface area contributed by atoms with Crippen LogP contribution in [0.2, 0.25) is 0 Å². The quantitative estimate of drug-likeness (QED) is 0.751. The number of hydrogen-bond donors (Lipinski definition) is 1. The molecule has 0 aromatic heterocycles. The van der Waals surface area contributed by atoms with Gasteiger partial charge in [-0.15, -0.1) is 0 Å². The zero-order chi connectivity index (χ0) is 12.7. The van der Waals surface area contributed by atoms with Gasteiger partial charge in [-0.1, -0.05) is 6.07 Å². The van der Waals surface area contributed by atoms with Gasteiger partial charge in [0.25, 0.3) is 5.91 Å². The molecule has 0 aliphatic carbocycles. The Labute approximate surface area is 100 Å². The highest BCUT2D eigenvalue weighted by atomic mass is 16.5. The Morgan fingerprint density at radius 3 is 3.00 bits per heavy atom. The average molecular weight is 233 g/mol. The molecule has 0 radical (unpaired) electrons. The third-order valence-corrected chi connectivity index (χ3v) is 2.22. The van der Waals surface area contributed by atoms with E-state index in [0.717, 1.165) is 0 Å². The summed E-state index contributed by atoms with van der Waals surface area (Å²) in [7, 11) is 1.64. The predicted octanol–water partition coefficient (Wildman–Crippen LogP) is 0.496. The molecule has 17 heavy (non-hydrogen) atoms. The number of carbonyl (C=O) groups excluding carboxylic acids is 1. The number of nitrogens with zero attached hydrogens (tertiary/aromatic N) is 2. The van der Waals surface area contributed by atoms with Crippen molar-refractivity contribution in [1.29, 1.82) is 5.26 Å². The zero-order valence-electron chi connectivity index (χ0n) is 9.72. The van der Waals surface area contributed by atoms with E-state index in [9.17, 15) is 4.79 Å². The van der Waals surface area contributed by atoms with Crippen molar-refractivity contribution in [3.05, 3.63) is 29.8 Å². The Bertz CT molecular complexity index is 426. The minimum atomic E-state index is -0.173. The summed E-state index contributed by atoms with van der Waals surface area (Å²) in [6.45, 7) is 0.739. The molecule has 0 aliphatic rings. The van der Waals surface area contributed by atoms with Gasteiger partial charge in [0.15, 0.2) is 0 Å². The Morgan fingerprint density at radius 1 is 1.59 bits per heavy atom. The molecule has 1 aromatic carbocycles. The van der Waals surface area contributed by atoms with E-state index in [-0.39, 0.29) is 12.5 Å². The molecule has 0 saturated carbocycles. The number of benzene rings is 1. The van der Waals surface area contributed by atoms with Crippen molar-refractivity contribution in [1.82, 2.24) is 0 Å². The second-order valence-corrected chi connectivity index (χ2v) is 3.46. The van der Waals surface area contributed by atoms with E-state index >= 15 is 0 Å². The van der Waals surface area contributed by atoms with Gasteiger partial charge in [0, 0.05) is 19.3 Å². The first-order valence-corrected chi connectivity index (χ1v) is 5.23. The van der Waals surface area contributed by atoms with Gasteiger partial charge in [0.05, 0.1) is 18.2 Å². The van der Waals surface area contributed by atoms with Crippen LogP contribution in [-0.2, 0) is 9.53 Å². The topological polar surface area (TPSA) is 79.3 Å². The molecule has 0 fully saturated rings. The smallest absolute Gasteiger partial charge is 0.252 e. The van der Waals surface area contributed by atoms with Crippen molar-refractivity contribution in [2.75, 3.05) is 31.7 Å². The number of rotatable bonds is 5. The molecule has 0 saturated heterocycles. The molecular weight excluding hydrogens is 218 g/mol. The summed E-state index contributed by atoms with van der Waals surface area (Å²) in [4.78, 5) is 13.2. The third kappa shape index (κ3) is 3.87. The van der Waals surface area contributed by atoms with Crippen LogP contribution in [0.15, 0.2) is 24.3 Å². The average Bonchev–Trinajstić information content (AvgIpc) is 2.38. The van der Waals surface area contributed by atoms with Crippen LogP contribution in [0.4, 0.5) is 5.69 Å². The molecule has 1 aromatic rings. The minimum Gasteiger partial charge on any atom is -0.370 e. The maximum atomic E-state index is 11.7. The van der Waals surface area contributed by atoms with E-state index in [2.05, 4.69) is 0 Å². The second-order valence-electron chi connectivity index (χ2n) is 3.46. The van der Waals surface area contributed by atoms with Crippen molar-refractivity contribution >= 4 is 11.6 Å². The summed E-state index contributed by atoms with van der Waals surface area (Å²) >= 11 is 0. The standard InChI is InChI=1S/C12H15N3O2/c1-15(12(16)9-17-6-5-13)11-4-2-3-10(7-11)8-14/h2-4,7H,5-6,9,13H2,1H3. The molecule has 0 aliphatic heterocycles. The molecule has 0 bridgehead atoms. The van der Waals surface area contributed by atoms with E-state index in [0.29, 0.717) is 24.4 Å². The molecule has 0 atom stereocenters. The van der Waals surface area contributed by atoms with Crippen LogP contribution in [0, 0.1) is 11.3 Å². The molecule has 0 unspecified atom stereocenters. The molecular formula is C12H15N3O2. The van der Waals surface area contributed by atoms with Gasteiger partial charge in [-0.3, -0.25) is 4.79 Å². The second kappa shape index (κ2) is 6.63. The first-order valence-electron chi connectivity index (χ1n) is 5.23. The lowest BCUT2D eigenvalue weighted by Gasteiger charge is -2.17. The number of hydrogen-bond acceptors (Lipinski definition) is 4. The van der Waals surface area contributed by atoms with Crippen LogP contribution in [0.3, 0.4) is 0 Å². The van der Waals surface area contributed by atoms with Gasteiger partial charge in [-0.05, 0) is 18.2 Å². The predicted molar refractivity (Wildman–Crippen MR) is 64.4 cm³/mol. The van der Waals surface area contributed by atoms with Crippen LogP contribution in [-0.4, -0.2) is 32.7 Å². The maximum Gasteiger partial charge on any atom is 0.252 e. The van der Waals surface area contributed by atoms with Crippen molar-refractivity contribution < 1.29 is 9.53 Å². The van der Waals surface area contributed by atoms with E-state index in [4.69, 9.17) is 15.7 Å². The zero-order valence-corrected chi connectivity index (χ0v) is 9.72. The molecule has 5 nitrogen and oxygen atoms in total. The number of nitrogens with two attached hydrogens (primary N) is 1. The third-order valence-electron chi connectivity index (χ3n) is 2.22. The molecule has 1 amide bonds. The van der Waals surface area contributed by atoms with Gasteiger partial charge in [0.2, 0.25) is 0 Å². The Morgan fingerprint density at radius 2 is 2.35 bits per heavy atom. The van der Waals surface area contributed by atoms with Crippen molar-refractivity contribution in [3.63, 3.8) is 0 Å². The highest BCUT2D eigenvalue weighted by Gasteiger charge is 2.10. The monoisotopic (exact) mass is 233 g/mol. The van der Waals surface area contributed by atoms with E-state index in [1.165, 1.54) is 4.90 Å². The summed E-state index contributed by atoms with van der Waals surface area (Å²) in [5.74, 6) is -0.173. The molecule has 1 rings (SSSR count). The van der Waals surface area contributed by atoms with E-state index in [1.54, 1.807) is 31.3 Å². The van der Waals surface area contributed by atoms with Crippen LogP contribution in [0.1, 0.15) is 5.56 Å². The molecule has 2 N–H and O–H groups in total. The molecule has 90 valence electrons. The highest BCUT2D eigenvalue weighted by Crippen LogP contribution is 2.14. The van der Waals surface area contributed by atoms with E-state index in [1.807, 2.05) is 6.07 Å². The van der Waals surface area contributed by atoms with Gasteiger partial charge in [-0.25, -0.2) is 0 Å². The van der Waals surface area contributed by atoms with Gasteiger partial charge < -0.3 is 15.4 Å². The summed E-state index contributed by atoms with van der Waals surface area (Å²) in [6.07, 6.45) is 0. The highest BCUT2D eigenvalue weighted by molar-refractivity contribution is 5.93. The summed E-state index contributed by atoms with van der Waals surface area (Å²) < 4.78 is 5.06. The van der Waals surface area contributed by atoms with Gasteiger partial charge >= 0.3 is 0 Å². The first kappa shape index (κ1) is 13.2. The van der Waals surface area contributed by atoms with Gasteiger partial charge in [0.1, 0.15) is 6.61 Å². The summed E-state index contributed by atoms with van der Waals surface area (Å²) in [6, 6.07) is 8.87. The van der Waals surface area contributed by atoms with Crippen LogP contribution >= 0.6 is 0 Å². The fraction of sp³-hybridized carbons (Fsp3) is 0.333. The summed E-state index contributed by atoms with van der Waals surface area (Å²) in [5, 5.41) is 8.76. The first-order chi connectivity index (χ1) is 8.19. The van der Waals surface area contributed by atoms with Crippen LogP contribution in [0.25, 0.3) is 0 Å². The van der Waals surface area contributed by atoms with Gasteiger partial charge in [-0.2, -0.15) is 5.26 Å². The van der Waals surface area contributed by atoms with Crippen LogP contribution < -0.4 is 10.6 Å². The number of nitriles is 1. The SMILES string of the molecule is CN(C(=O)COCCN)c1cccc(C#N)c1. The summed E-state index contributed by atoms with van der Waals surface area (Å²) in [5.41, 5.74) is 6.44. The lowest BCUT2D eigenvalue weighted by atomic mass is 10.2. The van der Waals surface area contributed by atoms with E-state index < -0.39 is 0 Å². The number of carbonyl (C=O) groups is 1. The number of likely N-dealkylation sites (N-methyl/N-ethyl adjacent to an activating group) is 1. The fourth-order valence-corrected chi connectivity index (χ4v) is 1.27.